The van der Waals surface area contributed by atoms with E-state index >= 15 is 0 Å². The Morgan fingerprint density at radius 1 is 1.04 bits per heavy atom. The summed E-state index contributed by atoms with van der Waals surface area (Å²) < 4.78 is 35.9. The molecule has 2 aliphatic heterocycles. The van der Waals surface area contributed by atoms with Gasteiger partial charge in [-0.15, -0.1) is 0 Å². The van der Waals surface area contributed by atoms with Crippen LogP contribution in [0.1, 0.15) is 86.1 Å². The predicted molar refractivity (Wildman–Crippen MR) is 174 cm³/mol. The van der Waals surface area contributed by atoms with Crippen molar-refractivity contribution < 1.29 is 43.1 Å². The Kier molecular flexibility index (Phi) is 14.9. The van der Waals surface area contributed by atoms with E-state index in [1.165, 1.54) is 7.11 Å². The summed E-state index contributed by atoms with van der Waals surface area (Å²) in [6.07, 6.45) is 0.914. The molecule has 2 saturated heterocycles. The maximum absolute atomic E-state index is 13.2. The summed E-state index contributed by atoms with van der Waals surface area (Å²) in [6, 6.07) is 8.84. The van der Waals surface area contributed by atoms with Gasteiger partial charge in [0.25, 0.3) is 5.79 Å². The molecular formula is C36H59NO9. The van der Waals surface area contributed by atoms with Crippen molar-refractivity contribution in [2.45, 2.75) is 124 Å². The Labute approximate surface area is 276 Å². The predicted octanol–water partition coefficient (Wildman–Crippen LogP) is 5.23. The zero-order valence-electron chi connectivity index (χ0n) is 29.2. The Bertz CT molecular complexity index is 1070. The molecule has 0 spiro atoms. The third kappa shape index (κ3) is 9.73. The third-order valence-electron chi connectivity index (χ3n) is 10.6. The van der Waals surface area contributed by atoms with Gasteiger partial charge in [0.1, 0.15) is 12.6 Å². The number of ether oxygens (including phenoxy) is 6. The third-order valence-corrected chi connectivity index (χ3v) is 10.6. The number of unbranched alkanes of at least 4 members (excludes halogenated alkanes) is 1. The molecule has 2 heterocycles. The molecular weight excluding hydrogens is 590 g/mol. The number of carbonyl (C=O) groups excluding carboxylic acids is 2. The largest absolute Gasteiger partial charge is 0.465 e. The molecule has 2 aliphatic rings. The van der Waals surface area contributed by atoms with Gasteiger partial charge < -0.3 is 39.3 Å². The number of hydrogen-bond donors (Lipinski definition) is 2. The van der Waals surface area contributed by atoms with E-state index < -0.39 is 42.3 Å². The summed E-state index contributed by atoms with van der Waals surface area (Å²) >= 11 is 0. The Morgan fingerprint density at radius 2 is 1.74 bits per heavy atom. The molecule has 2 fully saturated rings. The first-order chi connectivity index (χ1) is 21.8. The van der Waals surface area contributed by atoms with Crippen LogP contribution in [0.15, 0.2) is 30.3 Å². The topological polar surface area (TPSA) is 136 Å². The molecule has 4 unspecified atom stereocenters. The van der Waals surface area contributed by atoms with Gasteiger partial charge >= 0.3 is 11.9 Å². The molecule has 0 aliphatic carbocycles. The lowest BCUT2D eigenvalue weighted by Gasteiger charge is -2.48. The zero-order valence-corrected chi connectivity index (χ0v) is 29.2. The minimum Gasteiger partial charge on any atom is -0.465 e. The van der Waals surface area contributed by atoms with Gasteiger partial charge in [0.05, 0.1) is 32.0 Å². The minimum atomic E-state index is -1.63. The smallest absolute Gasteiger partial charge is 0.366 e. The van der Waals surface area contributed by atoms with Crippen LogP contribution in [-0.4, -0.2) is 73.8 Å². The van der Waals surface area contributed by atoms with Crippen molar-refractivity contribution in [1.82, 2.24) is 0 Å². The second kappa shape index (κ2) is 17.9. The molecule has 0 bridgehead atoms. The Hall–Kier alpha value is -2.08. The van der Waals surface area contributed by atoms with Gasteiger partial charge in [-0.1, -0.05) is 85.2 Å². The lowest BCUT2D eigenvalue weighted by Crippen LogP contribution is -2.59. The van der Waals surface area contributed by atoms with Crippen molar-refractivity contribution in [3.8, 4) is 0 Å². The second-order valence-corrected chi connectivity index (χ2v) is 13.7. The number of carbonyl (C=O) groups is 2. The van der Waals surface area contributed by atoms with Crippen LogP contribution in [0.5, 0.6) is 0 Å². The van der Waals surface area contributed by atoms with Crippen LogP contribution in [0.2, 0.25) is 0 Å². The van der Waals surface area contributed by atoms with E-state index in [9.17, 15) is 14.7 Å². The normalized spacial score (nSPS) is 33.5. The van der Waals surface area contributed by atoms with Crippen LogP contribution >= 0.6 is 0 Å². The SMILES string of the molecule is CC[C@@H](C)[C@@H](O)C1O[C@@](OCC2O[C@@H](OCCCC[C@H](N)C(=O)OCc3ccccc3)C(C)[C@@H](C)[C@H]2C)(C(=O)OC)CC(C)[C@H]1C. The standard InChI is InChI=1S/C36H59NO9/c1-9-22(2)31(38)32-24(4)23(3)19-36(46-32,35(40)41-8)44-21-30-26(6)25(5)27(7)34(45-30)42-18-14-13-17-29(37)33(39)43-20-28-15-11-10-12-16-28/h10-12,15-16,22-27,29-32,34,38H,9,13-14,17-21,37H2,1-8H3/t22-,23?,24-,25+,26-,27?,29+,30?,31-,32?,34-,36-/m1/s1. The maximum Gasteiger partial charge on any atom is 0.366 e. The van der Waals surface area contributed by atoms with E-state index in [2.05, 4.69) is 27.7 Å². The molecule has 12 atom stereocenters. The summed E-state index contributed by atoms with van der Waals surface area (Å²) in [5, 5.41) is 11.1. The molecule has 262 valence electrons. The molecule has 1 aromatic rings. The first-order valence-electron chi connectivity index (χ1n) is 17.2. The molecule has 0 amide bonds. The van der Waals surface area contributed by atoms with Crippen LogP contribution < -0.4 is 5.73 Å². The average molecular weight is 650 g/mol. The van der Waals surface area contributed by atoms with Crippen molar-refractivity contribution >= 4 is 11.9 Å². The number of nitrogens with two attached hydrogens (primary N) is 1. The van der Waals surface area contributed by atoms with Crippen LogP contribution in [0.3, 0.4) is 0 Å². The fourth-order valence-corrected chi connectivity index (χ4v) is 6.40. The molecule has 0 aromatic heterocycles. The second-order valence-electron chi connectivity index (χ2n) is 13.7. The Balaban J connectivity index is 1.54. The maximum atomic E-state index is 13.2. The van der Waals surface area contributed by atoms with Crippen LogP contribution in [0.25, 0.3) is 0 Å². The van der Waals surface area contributed by atoms with Gasteiger partial charge in [-0.3, -0.25) is 4.79 Å². The fraction of sp³-hybridized carbons (Fsp3) is 0.778. The molecule has 0 saturated carbocycles. The monoisotopic (exact) mass is 649 g/mol. The fourth-order valence-electron chi connectivity index (χ4n) is 6.40. The van der Waals surface area contributed by atoms with E-state index in [1.54, 1.807) is 0 Å². The quantitative estimate of drug-likeness (QED) is 0.181. The highest BCUT2D eigenvalue weighted by Crippen LogP contribution is 2.42. The Morgan fingerprint density at radius 3 is 2.39 bits per heavy atom. The highest BCUT2D eigenvalue weighted by molar-refractivity contribution is 5.78. The van der Waals surface area contributed by atoms with Crippen LogP contribution in [-0.2, 0) is 44.6 Å². The van der Waals surface area contributed by atoms with Gasteiger partial charge in [0, 0.05) is 18.9 Å². The molecule has 10 nitrogen and oxygen atoms in total. The molecule has 46 heavy (non-hydrogen) atoms. The van der Waals surface area contributed by atoms with E-state index in [0.717, 1.165) is 12.0 Å². The number of methoxy groups -OCH3 is 1. The first kappa shape index (κ1) is 38.4. The average Bonchev–Trinajstić information content (AvgIpc) is 3.06. The lowest BCUT2D eigenvalue weighted by atomic mass is 9.77. The van der Waals surface area contributed by atoms with Crippen LogP contribution in [0, 0.1) is 35.5 Å². The number of aliphatic hydroxyl groups excluding tert-OH is 1. The number of rotatable bonds is 16. The molecule has 0 radical (unpaired) electrons. The highest BCUT2D eigenvalue weighted by atomic mass is 16.7. The summed E-state index contributed by atoms with van der Waals surface area (Å²) in [5.74, 6) is -2.03. The van der Waals surface area contributed by atoms with E-state index in [0.29, 0.717) is 32.3 Å². The summed E-state index contributed by atoms with van der Waals surface area (Å²) in [7, 11) is 1.33. The molecule has 1 aromatic carbocycles. The van der Waals surface area contributed by atoms with Crippen molar-refractivity contribution in [3.05, 3.63) is 35.9 Å². The van der Waals surface area contributed by atoms with E-state index in [4.69, 9.17) is 34.2 Å². The van der Waals surface area contributed by atoms with Gasteiger partial charge in [-0.2, -0.15) is 0 Å². The van der Waals surface area contributed by atoms with Crippen molar-refractivity contribution in [2.75, 3.05) is 20.3 Å². The number of hydrogen-bond acceptors (Lipinski definition) is 10. The molecule has 10 heteroatoms. The van der Waals surface area contributed by atoms with E-state index in [1.807, 2.05) is 51.1 Å². The van der Waals surface area contributed by atoms with Crippen molar-refractivity contribution in [1.29, 1.82) is 0 Å². The van der Waals surface area contributed by atoms with Gasteiger partial charge in [0.15, 0.2) is 6.29 Å². The van der Waals surface area contributed by atoms with Crippen molar-refractivity contribution in [2.24, 2.45) is 41.2 Å². The lowest BCUT2D eigenvalue weighted by molar-refractivity contribution is -0.326. The number of benzene rings is 1. The van der Waals surface area contributed by atoms with Gasteiger partial charge in [-0.05, 0) is 54.4 Å². The molecule has 3 N–H and O–H groups in total. The summed E-state index contributed by atoms with van der Waals surface area (Å²) in [4.78, 5) is 25.5. The summed E-state index contributed by atoms with van der Waals surface area (Å²) in [6.45, 7) is 15.3. The number of aliphatic hydroxyl groups is 1. The first-order valence-corrected chi connectivity index (χ1v) is 17.2. The van der Waals surface area contributed by atoms with E-state index in [-0.39, 0.29) is 54.8 Å². The van der Waals surface area contributed by atoms with Crippen molar-refractivity contribution in [3.63, 3.8) is 0 Å². The summed E-state index contributed by atoms with van der Waals surface area (Å²) in [5.41, 5.74) is 6.99. The van der Waals surface area contributed by atoms with Crippen LogP contribution in [0.4, 0.5) is 0 Å². The molecule has 3 rings (SSSR count). The minimum absolute atomic E-state index is 0.000704. The van der Waals surface area contributed by atoms with Gasteiger partial charge in [-0.25, -0.2) is 4.79 Å². The highest BCUT2D eigenvalue weighted by Gasteiger charge is 2.54. The van der Waals surface area contributed by atoms with Gasteiger partial charge in [0.2, 0.25) is 0 Å². The zero-order chi connectivity index (χ0) is 34.0. The number of esters is 2.